The Bertz CT molecular complexity index is 163. The average Bonchev–Trinajstić information content (AvgIpc) is 2.87. The van der Waals surface area contributed by atoms with Gasteiger partial charge in [-0.2, -0.15) is 0 Å². The van der Waals surface area contributed by atoms with Crippen LogP contribution in [0.25, 0.3) is 0 Å². The van der Waals surface area contributed by atoms with Gasteiger partial charge in [0.05, 0.1) is 6.33 Å². The zero-order valence-corrected chi connectivity index (χ0v) is 12.6. The van der Waals surface area contributed by atoms with E-state index in [0.29, 0.717) is 0 Å². The molecule has 3 heteroatoms. The molecule has 2 nitrogen and oxygen atoms in total. The van der Waals surface area contributed by atoms with Gasteiger partial charge in [0.2, 0.25) is 0 Å². The fraction of sp³-hybridized carbons (Fsp3) is 0.769. The summed E-state index contributed by atoms with van der Waals surface area (Å²) in [5.41, 5.74) is 0. The minimum absolute atomic E-state index is 1.34. The zero-order chi connectivity index (χ0) is 11.9. The third-order valence-electron chi connectivity index (χ3n) is 2.39. The smallest absolute Gasteiger partial charge is 0.0919 e. The second-order valence-corrected chi connectivity index (χ2v) is 5.00. The number of unbranched alkanes of at least 4 members (excludes halogenated alkanes) is 7. The molecule has 0 bridgehead atoms. The van der Waals surface area contributed by atoms with Crippen molar-refractivity contribution >= 4 is 22.6 Å². The molecule has 0 aliphatic heterocycles. The van der Waals surface area contributed by atoms with Crippen LogP contribution in [0.15, 0.2) is 18.7 Å². The first kappa shape index (κ1) is 15.9. The highest BCUT2D eigenvalue weighted by atomic mass is 127. The molecule has 0 aliphatic carbocycles. The molecule has 0 spiro atoms. The molecule has 1 N–H and O–H groups in total. The monoisotopic (exact) mass is 336 g/mol. The molecule has 0 fully saturated rings. The fourth-order valence-corrected chi connectivity index (χ4v) is 1.98. The second kappa shape index (κ2) is 14.9. The summed E-state index contributed by atoms with van der Waals surface area (Å²) in [5, 5.41) is 0. The summed E-state index contributed by atoms with van der Waals surface area (Å²) >= 11 is 2.46. The van der Waals surface area contributed by atoms with Crippen LogP contribution in [0.5, 0.6) is 0 Å². The minimum Gasteiger partial charge on any atom is -0.351 e. The van der Waals surface area contributed by atoms with Crippen molar-refractivity contribution < 1.29 is 0 Å². The van der Waals surface area contributed by atoms with Gasteiger partial charge in [0.15, 0.2) is 0 Å². The van der Waals surface area contributed by atoms with Gasteiger partial charge in [-0.05, 0) is 10.8 Å². The van der Waals surface area contributed by atoms with Crippen LogP contribution in [0.1, 0.15) is 58.3 Å². The SMILES string of the molecule is CCCCCCCCCCI.c1c[nH]cn1. The largest absolute Gasteiger partial charge is 0.351 e. The summed E-state index contributed by atoms with van der Waals surface area (Å²) in [6, 6.07) is 0. The van der Waals surface area contributed by atoms with Gasteiger partial charge in [0.25, 0.3) is 0 Å². The molecule has 0 radical (unpaired) electrons. The maximum Gasteiger partial charge on any atom is 0.0919 e. The van der Waals surface area contributed by atoms with E-state index < -0.39 is 0 Å². The Kier molecular flexibility index (Phi) is 14.9. The van der Waals surface area contributed by atoms with Gasteiger partial charge in [-0.15, -0.1) is 0 Å². The molecule has 94 valence electrons. The highest BCUT2D eigenvalue weighted by Gasteiger charge is 1.89. The van der Waals surface area contributed by atoms with Gasteiger partial charge in [0.1, 0.15) is 0 Å². The van der Waals surface area contributed by atoms with E-state index in [9.17, 15) is 0 Å². The number of halogens is 1. The van der Waals surface area contributed by atoms with E-state index in [1.54, 1.807) is 18.7 Å². The van der Waals surface area contributed by atoms with E-state index in [-0.39, 0.29) is 0 Å². The van der Waals surface area contributed by atoms with Crippen LogP contribution in [0.4, 0.5) is 0 Å². The summed E-state index contributed by atoms with van der Waals surface area (Å²) < 4.78 is 1.34. The van der Waals surface area contributed by atoms with Gasteiger partial charge in [0, 0.05) is 12.4 Å². The Morgan fingerprint density at radius 3 is 2.00 bits per heavy atom. The topological polar surface area (TPSA) is 28.7 Å². The summed E-state index contributed by atoms with van der Waals surface area (Å²) in [6.45, 7) is 2.27. The van der Waals surface area contributed by atoms with Crippen LogP contribution in [-0.4, -0.2) is 14.4 Å². The van der Waals surface area contributed by atoms with Crippen molar-refractivity contribution in [3.8, 4) is 0 Å². The zero-order valence-electron chi connectivity index (χ0n) is 10.4. The Labute approximate surface area is 114 Å². The van der Waals surface area contributed by atoms with Crippen molar-refractivity contribution in [2.75, 3.05) is 4.43 Å². The summed E-state index contributed by atoms with van der Waals surface area (Å²) in [5.74, 6) is 0. The summed E-state index contributed by atoms with van der Waals surface area (Å²) in [4.78, 5) is 6.42. The van der Waals surface area contributed by atoms with Crippen LogP contribution in [0.3, 0.4) is 0 Å². The number of H-pyrrole nitrogens is 1. The van der Waals surface area contributed by atoms with E-state index in [1.807, 2.05) is 0 Å². The van der Waals surface area contributed by atoms with Gasteiger partial charge in [-0.1, -0.05) is 74.5 Å². The highest BCUT2D eigenvalue weighted by molar-refractivity contribution is 14.1. The molecule has 0 aliphatic rings. The first-order chi connectivity index (χ1) is 7.91. The Morgan fingerprint density at radius 1 is 1.00 bits per heavy atom. The molecule has 0 unspecified atom stereocenters. The van der Waals surface area contributed by atoms with Gasteiger partial charge >= 0.3 is 0 Å². The number of hydrogen-bond donors (Lipinski definition) is 1. The molecule has 1 heterocycles. The van der Waals surface area contributed by atoms with Crippen molar-refractivity contribution in [3.63, 3.8) is 0 Å². The summed E-state index contributed by atoms with van der Waals surface area (Å²) in [7, 11) is 0. The maximum atomic E-state index is 3.67. The molecular weight excluding hydrogens is 311 g/mol. The predicted octanol–water partition coefficient (Wildman–Crippen LogP) is 4.97. The van der Waals surface area contributed by atoms with E-state index in [4.69, 9.17) is 0 Å². The molecule has 1 rings (SSSR count). The van der Waals surface area contributed by atoms with Crippen LogP contribution >= 0.6 is 22.6 Å². The van der Waals surface area contributed by atoms with E-state index in [2.05, 4.69) is 39.5 Å². The van der Waals surface area contributed by atoms with E-state index in [1.165, 1.54) is 55.8 Å². The van der Waals surface area contributed by atoms with Crippen LogP contribution in [0, 0.1) is 0 Å². The molecule has 16 heavy (non-hydrogen) atoms. The lowest BCUT2D eigenvalue weighted by Gasteiger charge is -1.98. The van der Waals surface area contributed by atoms with E-state index >= 15 is 0 Å². The number of nitrogens with one attached hydrogen (secondary N) is 1. The van der Waals surface area contributed by atoms with Crippen molar-refractivity contribution in [1.29, 1.82) is 0 Å². The number of imidazole rings is 1. The average molecular weight is 336 g/mol. The van der Waals surface area contributed by atoms with E-state index in [0.717, 1.165) is 0 Å². The molecule has 1 aromatic heterocycles. The molecule has 0 amide bonds. The molecule has 0 saturated heterocycles. The minimum atomic E-state index is 1.34. The van der Waals surface area contributed by atoms with Gasteiger partial charge in [-0.25, -0.2) is 4.98 Å². The van der Waals surface area contributed by atoms with Crippen LogP contribution in [-0.2, 0) is 0 Å². The van der Waals surface area contributed by atoms with Gasteiger partial charge in [-0.3, -0.25) is 0 Å². The normalized spacial score (nSPS) is 9.62. The standard InChI is InChI=1S/C10H21I.C3H4N2/c1-2-3-4-5-6-7-8-9-10-11;1-2-5-3-4-1/h2-10H2,1H3;1-3H,(H,4,5). The number of alkyl halides is 1. The van der Waals surface area contributed by atoms with Crippen LogP contribution < -0.4 is 0 Å². The lowest BCUT2D eigenvalue weighted by molar-refractivity contribution is 0.587. The molecular formula is C13H25IN2. The molecule has 0 aromatic carbocycles. The van der Waals surface area contributed by atoms with Crippen LogP contribution in [0.2, 0.25) is 0 Å². The number of aromatic amines is 1. The first-order valence-electron chi connectivity index (χ1n) is 6.40. The Hall–Kier alpha value is -0.0600. The number of nitrogens with zero attached hydrogens (tertiary/aromatic N) is 1. The lowest BCUT2D eigenvalue weighted by Crippen LogP contribution is -1.80. The number of rotatable bonds is 8. The third kappa shape index (κ3) is 13.9. The van der Waals surface area contributed by atoms with Crippen molar-refractivity contribution in [2.45, 2.75) is 58.3 Å². The number of hydrogen-bond acceptors (Lipinski definition) is 1. The van der Waals surface area contributed by atoms with Crippen molar-refractivity contribution in [3.05, 3.63) is 18.7 Å². The molecule has 0 atom stereocenters. The molecule has 1 aromatic rings. The first-order valence-corrected chi connectivity index (χ1v) is 7.93. The second-order valence-electron chi connectivity index (χ2n) is 3.92. The maximum absolute atomic E-state index is 3.67. The fourth-order valence-electron chi connectivity index (χ4n) is 1.44. The van der Waals surface area contributed by atoms with Crippen molar-refractivity contribution in [1.82, 2.24) is 9.97 Å². The Balaban J connectivity index is 0.000000368. The number of aromatic nitrogens is 2. The van der Waals surface area contributed by atoms with Crippen molar-refractivity contribution in [2.24, 2.45) is 0 Å². The Morgan fingerprint density at radius 2 is 1.62 bits per heavy atom. The summed E-state index contributed by atoms with van der Waals surface area (Å²) in [6.07, 6.45) is 16.6. The third-order valence-corrected chi connectivity index (χ3v) is 3.16. The predicted molar refractivity (Wildman–Crippen MR) is 80.1 cm³/mol. The highest BCUT2D eigenvalue weighted by Crippen LogP contribution is 2.08. The quantitative estimate of drug-likeness (QED) is 0.405. The lowest BCUT2D eigenvalue weighted by atomic mass is 10.1. The van der Waals surface area contributed by atoms with Gasteiger partial charge < -0.3 is 4.98 Å². The molecule has 0 saturated carbocycles.